The summed E-state index contributed by atoms with van der Waals surface area (Å²) in [4.78, 5) is 12.5. The molecular formula is C30H37BFNO4. The van der Waals surface area contributed by atoms with E-state index < -0.39 is 5.60 Å². The highest BCUT2D eigenvalue weighted by molar-refractivity contribution is 6.44. The Kier molecular flexibility index (Phi) is 8.25. The number of fused-ring (bicyclic) bond motifs is 1. The zero-order chi connectivity index (χ0) is 26.7. The first-order valence-electron chi connectivity index (χ1n) is 13.2. The van der Waals surface area contributed by atoms with Gasteiger partial charge in [-0.25, -0.2) is 4.39 Å². The van der Waals surface area contributed by atoms with Crippen LogP contribution in [0.15, 0.2) is 54.6 Å². The van der Waals surface area contributed by atoms with E-state index in [9.17, 15) is 9.18 Å². The van der Waals surface area contributed by atoms with Crippen molar-refractivity contribution in [2.24, 2.45) is 0 Å². The summed E-state index contributed by atoms with van der Waals surface area (Å²) in [5.41, 5.74) is 3.64. The molecule has 1 aliphatic heterocycles. The molecule has 1 saturated heterocycles. The minimum Gasteiger partial charge on any atom is -0.460 e. The van der Waals surface area contributed by atoms with Crippen LogP contribution in [0.3, 0.4) is 0 Å². The van der Waals surface area contributed by atoms with Gasteiger partial charge in [0, 0.05) is 34.6 Å². The van der Waals surface area contributed by atoms with E-state index in [-0.39, 0.29) is 43.6 Å². The van der Waals surface area contributed by atoms with Crippen molar-refractivity contribution in [3.8, 4) is 11.1 Å². The van der Waals surface area contributed by atoms with Gasteiger partial charge in [-0.2, -0.15) is 0 Å². The molecule has 1 aliphatic rings. The summed E-state index contributed by atoms with van der Waals surface area (Å²) in [6.45, 7) is 11.9. The molecular weight excluding hydrogens is 468 g/mol. The lowest BCUT2D eigenvalue weighted by atomic mass is 9.82. The number of nitrogens with zero attached hydrogens (tertiary/aromatic N) is 1. The molecule has 0 amide bonds. The van der Waals surface area contributed by atoms with Gasteiger partial charge in [0.15, 0.2) is 0 Å². The van der Waals surface area contributed by atoms with Crippen LogP contribution in [-0.2, 0) is 18.8 Å². The van der Waals surface area contributed by atoms with Crippen LogP contribution >= 0.6 is 0 Å². The number of rotatable bonds is 7. The van der Waals surface area contributed by atoms with Crippen molar-refractivity contribution in [3.63, 3.8) is 0 Å². The van der Waals surface area contributed by atoms with Crippen molar-refractivity contribution < 1.29 is 23.2 Å². The molecule has 37 heavy (non-hydrogen) atoms. The molecule has 3 aromatic rings. The highest BCUT2D eigenvalue weighted by Gasteiger charge is 2.34. The zero-order valence-electron chi connectivity index (χ0n) is 22.7. The summed E-state index contributed by atoms with van der Waals surface area (Å²) in [5.74, 6) is -0.527. The molecule has 2 aromatic carbocycles. The molecule has 7 heteroatoms. The number of esters is 1. The number of ether oxygens (including phenoxy) is 1. The minimum atomic E-state index is -0.535. The van der Waals surface area contributed by atoms with Crippen LogP contribution in [0.5, 0.6) is 0 Å². The molecule has 4 rings (SSSR count). The molecule has 0 radical (unpaired) electrons. The maximum atomic E-state index is 13.7. The molecule has 1 aromatic heterocycles. The lowest BCUT2D eigenvalue weighted by Crippen LogP contribution is -2.41. The van der Waals surface area contributed by atoms with E-state index in [0.29, 0.717) is 12.7 Å². The third kappa shape index (κ3) is 6.52. The van der Waals surface area contributed by atoms with Crippen LogP contribution in [-0.4, -0.2) is 35.5 Å². The van der Waals surface area contributed by atoms with E-state index in [1.807, 2.05) is 52.0 Å². The monoisotopic (exact) mass is 505 g/mol. The standard InChI is InChI=1S/C30H37BFNO4/c1-7-31-36-23(18-24(37-31)19-28(34)35-30(4,5)6)16-17-27-29(21-12-14-22(32)15-13-21)25-10-8-9-11-26(25)33(27)20(2)3/h8-17,20,23-24H,7,18-19H2,1-6H3/b17-16+/t23-,24-/m1/s1. The molecule has 0 saturated carbocycles. The highest BCUT2D eigenvalue weighted by atomic mass is 19.1. The minimum absolute atomic E-state index is 0.189. The number of carbonyl (C=O) groups excluding carboxylic acids is 1. The van der Waals surface area contributed by atoms with Crippen LogP contribution in [0.1, 0.15) is 66.1 Å². The molecule has 0 bridgehead atoms. The Morgan fingerprint density at radius 1 is 1.16 bits per heavy atom. The van der Waals surface area contributed by atoms with Crippen LogP contribution in [0.4, 0.5) is 4.39 Å². The molecule has 0 aliphatic carbocycles. The molecule has 0 unspecified atom stereocenters. The topological polar surface area (TPSA) is 49.7 Å². The Morgan fingerprint density at radius 3 is 2.51 bits per heavy atom. The van der Waals surface area contributed by atoms with E-state index in [1.165, 1.54) is 12.1 Å². The van der Waals surface area contributed by atoms with Crippen molar-refractivity contribution in [2.75, 3.05) is 0 Å². The third-order valence-corrected chi connectivity index (χ3v) is 6.38. The van der Waals surface area contributed by atoms with Crippen molar-refractivity contribution in [1.29, 1.82) is 0 Å². The fourth-order valence-corrected chi connectivity index (χ4v) is 4.95. The van der Waals surface area contributed by atoms with Crippen LogP contribution in [0, 0.1) is 5.82 Å². The smallest absolute Gasteiger partial charge is 0.457 e. The summed E-state index contributed by atoms with van der Waals surface area (Å²) < 4.78 is 33.8. The van der Waals surface area contributed by atoms with Crippen molar-refractivity contribution in [1.82, 2.24) is 4.57 Å². The number of hydrogen-bond donors (Lipinski definition) is 0. The van der Waals surface area contributed by atoms with Gasteiger partial charge in [-0.15, -0.1) is 0 Å². The summed E-state index contributed by atoms with van der Waals surface area (Å²) >= 11 is 0. The summed E-state index contributed by atoms with van der Waals surface area (Å²) in [5, 5.41) is 1.12. The number of hydrogen-bond acceptors (Lipinski definition) is 4. The van der Waals surface area contributed by atoms with Crippen LogP contribution in [0.25, 0.3) is 28.1 Å². The van der Waals surface area contributed by atoms with E-state index in [0.717, 1.165) is 27.7 Å². The van der Waals surface area contributed by atoms with Gasteiger partial charge >= 0.3 is 13.1 Å². The van der Waals surface area contributed by atoms with Crippen molar-refractivity contribution in [3.05, 3.63) is 66.1 Å². The number of benzene rings is 2. The Morgan fingerprint density at radius 2 is 1.86 bits per heavy atom. The Labute approximate surface area is 219 Å². The fourth-order valence-electron chi connectivity index (χ4n) is 4.95. The van der Waals surface area contributed by atoms with E-state index in [4.69, 9.17) is 14.0 Å². The van der Waals surface area contributed by atoms with Crippen LogP contribution < -0.4 is 0 Å². The number of aromatic nitrogens is 1. The van der Waals surface area contributed by atoms with E-state index >= 15 is 0 Å². The lowest BCUT2D eigenvalue weighted by molar-refractivity contribution is -0.157. The maximum absolute atomic E-state index is 13.7. The Balaban J connectivity index is 1.69. The average Bonchev–Trinajstić information content (AvgIpc) is 3.16. The predicted molar refractivity (Wildman–Crippen MR) is 148 cm³/mol. The van der Waals surface area contributed by atoms with Gasteiger partial charge in [0.05, 0.1) is 18.6 Å². The van der Waals surface area contributed by atoms with Gasteiger partial charge in [0.1, 0.15) is 11.4 Å². The SMILES string of the molecule is CCB1O[C@@H](CC(=O)OC(C)(C)C)C[C@@H](/C=C/c2c(-c3ccc(F)cc3)c3ccccc3n2C(C)C)O1. The normalized spacial score (nSPS) is 18.8. The molecule has 1 fully saturated rings. The number of halogens is 1. The van der Waals surface area contributed by atoms with Gasteiger partial charge in [0.2, 0.25) is 0 Å². The summed E-state index contributed by atoms with van der Waals surface area (Å²) in [7, 11) is -0.386. The second-order valence-corrected chi connectivity index (χ2v) is 10.9. The van der Waals surface area contributed by atoms with Crippen LogP contribution in [0.2, 0.25) is 6.32 Å². The fraction of sp³-hybridized carbons (Fsp3) is 0.433. The largest absolute Gasteiger partial charge is 0.460 e. The first-order chi connectivity index (χ1) is 17.6. The second kappa shape index (κ2) is 11.2. The number of carbonyl (C=O) groups is 1. The highest BCUT2D eigenvalue weighted by Crippen LogP contribution is 2.38. The van der Waals surface area contributed by atoms with E-state index in [1.54, 1.807) is 0 Å². The summed E-state index contributed by atoms with van der Waals surface area (Å²) in [6, 6.07) is 15.2. The molecule has 0 spiro atoms. The van der Waals surface area contributed by atoms with E-state index in [2.05, 4.69) is 42.7 Å². The van der Waals surface area contributed by atoms with Gasteiger partial charge in [-0.1, -0.05) is 43.3 Å². The second-order valence-electron chi connectivity index (χ2n) is 10.9. The van der Waals surface area contributed by atoms with Gasteiger partial charge < -0.3 is 18.6 Å². The maximum Gasteiger partial charge on any atom is 0.457 e. The zero-order valence-corrected chi connectivity index (χ0v) is 22.7. The molecule has 196 valence electrons. The van der Waals surface area contributed by atoms with Crippen molar-refractivity contribution in [2.45, 2.75) is 84.6 Å². The first-order valence-corrected chi connectivity index (χ1v) is 13.2. The van der Waals surface area contributed by atoms with Gasteiger partial charge in [-0.05, 0) is 70.8 Å². The first kappa shape index (κ1) is 27.1. The molecule has 0 N–H and O–H groups in total. The molecule has 2 atom stereocenters. The number of para-hydroxylation sites is 1. The van der Waals surface area contributed by atoms with Crippen molar-refractivity contribution >= 4 is 30.1 Å². The third-order valence-electron chi connectivity index (χ3n) is 6.38. The predicted octanol–water partition coefficient (Wildman–Crippen LogP) is 7.46. The molecule has 5 nitrogen and oxygen atoms in total. The lowest BCUT2D eigenvalue weighted by Gasteiger charge is -2.33. The molecule has 2 heterocycles. The summed E-state index contributed by atoms with van der Waals surface area (Å²) in [6.07, 6.45) is 5.09. The quantitative estimate of drug-likeness (QED) is 0.247. The van der Waals surface area contributed by atoms with Gasteiger partial charge in [-0.3, -0.25) is 4.79 Å². The average molecular weight is 505 g/mol. The Bertz CT molecular complexity index is 1260. The Hall–Kier alpha value is -2.90. The van der Waals surface area contributed by atoms with Gasteiger partial charge in [0.25, 0.3) is 0 Å².